The van der Waals surface area contributed by atoms with Crippen LogP contribution in [0, 0.1) is 0 Å². The molecule has 2 amide bonds. The first-order valence-electron chi connectivity index (χ1n) is 14.2. The number of para-hydroxylation sites is 3. The molecule has 4 heterocycles. The van der Waals surface area contributed by atoms with Crippen LogP contribution in [0.1, 0.15) is 38.4 Å². The van der Waals surface area contributed by atoms with Gasteiger partial charge in [0.05, 0.1) is 60.8 Å². The van der Waals surface area contributed by atoms with Gasteiger partial charge in [0.1, 0.15) is 5.75 Å². The number of amides is 2. The van der Waals surface area contributed by atoms with Crippen LogP contribution in [0.5, 0.6) is 17.2 Å². The van der Waals surface area contributed by atoms with E-state index in [9.17, 15) is 9.59 Å². The van der Waals surface area contributed by atoms with Crippen molar-refractivity contribution in [2.45, 2.75) is 24.2 Å². The summed E-state index contributed by atoms with van der Waals surface area (Å²) in [5.74, 6) is 1.83. The van der Waals surface area contributed by atoms with Crippen LogP contribution >= 0.6 is 34.4 Å². The number of nitrogens with zero attached hydrogens (tertiary/aromatic N) is 5. The van der Waals surface area contributed by atoms with Crippen molar-refractivity contribution in [2.75, 3.05) is 27.1 Å². The monoisotopic (exact) mass is 674 g/mol. The van der Waals surface area contributed by atoms with Crippen LogP contribution in [0.25, 0.3) is 5.69 Å². The van der Waals surface area contributed by atoms with E-state index in [1.807, 2.05) is 71.4 Å². The molecule has 46 heavy (non-hydrogen) atoms. The van der Waals surface area contributed by atoms with E-state index in [2.05, 4.69) is 15.5 Å². The molecular weight excluding hydrogens is 645 g/mol. The Labute approximate surface area is 277 Å². The second-order valence-corrected chi connectivity index (χ2v) is 12.8. The standard InChI is InChI=1S/C32H30N6O5S3/c1-41-24-11-5-4-10-22(24)37-28(18-33-31(40)27-14-8-16-45-27)34-35-32(37)46-19-29(39)38-23(17-21(36-38)26-13-7-15-44-26)20-9-6-12-25(42-2)30(20)43-3/h4-16,23H,17-19H2,1-3H3,(H,33,40)/t23-/m0/s1. The molecule has 1 N–H and O–H groups in total. The van der Waals surface area contributed by atoms with Gasteiger partial charge in [-0.15, -0.1) is 32.9 Å². The summed E-state index contributed by atoms with van der Waals surface area (Å²) in [6.45, 7) is 0.120. The molecule has 1 aliphatic heterocycles. The van der Waals surface area contributed by atoms with Crippen molar-refractivity contribution in [3.05, 3.63) is 98.6 Å². The molecule has 3 aromatic heterocycles. The molecule has 0 spiro atoms. The summed E-state index contributed by atoms with van der Waals surface area (Å²) in [7, 11) is 4.76. The molecule has 0 saturated heterocycles. The van der Waals surface area contributed by atoms with Crippen molar-refractivity contribution in [2.24, 2.45) is 5.10 Å². The van der Waals surface area contributed by atoms with E-state index in [0.717, 1.165) is 16.2 Å². The predicted octanol–water partition coefficient (Wildman–Crippen LogP) is 5.82. The molecule has 0 fully saturated rings. The zero-order valence-corrected chi connectivity index (χ0v) is 27.7. The largest absolute Gasteiger partial charge is 0.495 e. The molecular formula is C32H30N6O5S3. The van der Waals surface area contributed by atoms with Crippen molar-refractivity contribution in [1.29, 1.82) is 0 Å². The lowest BCUT2D eigenvalue weighted by Gasteiger charge is -2.24. The maximum Gasteiger partial charge on any atom is 0.261 e. The fraction of sp³-hybridized carbons (Fsp3) is 0.219. The van der Waals surface area contributed by atoms with Crippen molar-refractivity contribution in [1.82, 2.24) is 25.1 Å². The van der Waals surface area contributed by atoms with Crippen LogP contribution in [-0.4, -0.2) is 64.4 Å². The molecule has 0 radical (unpaired) electrons. The van der Waals surface area contributed by atoms with Gasteiger partial charge in [-0.05, 0) is 41.1 Å². The smallest absolute Gasteiger partial charge is 0.261 e. The van der Waals surface area contributed by atoms with E-state index in [1.54, 1.807) is 43.3 Å². The molecule has 1 aliphatic rings. The number of benzene rings is 2. The quantitative estimate of drug-likeness (QED) is 0.165. The van der Waals surface area contributed by atoms with Crippen molar-refractivity contribution < 1.29 is 23.8 Å². The van der Waals surface area contributed by atoms with Gasteiger partial charge < -0.3 is 19.5 Å². The Hall–Kier alpha value is -4.66. The third kappa shape index (κ3) is 6.36. The highest BCUT2D eigenvalue weighted by molar-refractivity contribution is 7.99. The molecule has 5 aromatic rings. The number of hydrogen-bond acceptors (Lipinski definition) is 11. The molecule has 2 aromatic carbocycles. The molecule has 0 saturated carbocycles. The van der Waals surface area contributed by atoms with Gasteiger partial charge in [0.2, 0.25) is 0 Å². The number of thiophene rings is 2. The third-order valence-electron chi connectivity index (χ3n) is 7.27. The average Bonchev–Trinajstić information content (AvgIpc) is 3.92. The van der Waals surface area contributed by atoms with Gasteiger partial charge in [-0.25, -0.2) is 5.01 Å². The molecule has 0 unspecified atom stereocenters. The van der Waals surface area contributed by atoms with Gasteiger partial charge in [0.25, 0.3) is 11.8 Å². The van der Waals surface area contributed by atoms with E-state index in [-0.39, 0.29) is 24.1 Å². The molecule has 14 heteroatoms. The zero-order chi connectivity index (χ0) is 32.0. The Morgan fingerprint density at radius 1 is 0.913 bits per heavy atom. The topological polar surface area (TPSA) is 120 Å². The summed E-state index contributed by atoms with van der Waals surface area (Å²) in [5.41, 5.74) is 2.31. The second-order valence-electron chi connectivity index (χ2n) is 9.92. The van der Waals surface area contributed by atoms with Gasteiger partial charge in [-0.3, -0.25) is 14.2 Å². The van der Waals surface area contributed by atoms with Crippen LogP contribution in [0.2, 0.25) is 0 Å². The van der Waals surface area contributed by atoms with E-state index in [1.165, 1.54) is 28.1 Å². The number of carbonyl (C=O) groups excluding carboxylic acids is 2. The molecule has 236 valence electrons. The molecule has 0 bridgehead atoms. The lowest BCUT2D eigenvalue weighted by Crippen LogP contribution is -2.29. The van der Waals surface area contributed by atoms with Crippen LogP contribution in [0.4, 0.5) is 0 Å². The molecule has 6 rings (SSSR count). The fourth-order valence-electron chi connectivity index (χ4n) is 5.16. The molecule has 11 nitrogen and oxygen atoms in total. The summed E-state index contributed by atoms with van der Waals surface area (Å²) < 4.78 is 18.7. The molecule has 0 aliphatic carbocycles. The summed E-state index contributed by atoms with van der Waals surface area (Å²) in [6.07, 6.45) is 0.520. The first-order valence-corrected chi connectivity index (χ1v) is 16.9. The zero-order valence-electron chi connectivity index (χ0n) is 25.2. The van der Waals surface area contributed by atoms with Crippen LogP contribution < -0.4 is 19.5 Å². The highest BCUT2D eigenvalue weighted by atomic mass is 32.2. The van der Waals surface area contributed by atoms with Crippen molar-refractivity contribution in [3.8, 4) is 22.9 Å². The number of carbonyl (C=O) groups is 2. The van der Waals surface area contributed by atoms with Crippen LogP contribution in [0.3, 0.4) is 0 Å². The maximum atomic E-state index is 14.0. The predicted molar refractivity (Wildman–Crippen MR) is 179 cm³/mol. The van der Waals surface area contributed by atoms with E-state index in [4.69, 9.17) is 19.3 Å². The molecule has 1 atom stereocenters. The number of thioether (sulfide) groups is 1. The first kappa shape index (κ1) is 31.3. The van der Waals surface area contributed by atoms with Gasteiger partial charge >= 0.3 is 0 Å². The minimum Gasteiger partial charge on any atom is -0.495 e. The summed E-state index contributed by atoms with van der Waals surface area (Å²) in [4.78, 5) is 28.3. The summed E-state index contributed by atoms with van der Waals surface area (Å²) >= 11 is 4.17. The number of hydrazone groups is 1. The number of hydrogen-bond donors (Lipinski definition) is 1. The van der Waals surface area contributed by atoms with Crippen molar-refractivity contribution >= 4 is 52.0 Å². The highest BCUT2D eigenvalue weighted by Gasteiger charge is 2.36. The van der Waals surface area contributed by atoms with Gasteiger partial charge in [-0.1, -0.05) is 48.2 Å². The van der Waals surface area contributed by atoms with Crippen LogP contribution in [0.15, 0.2) is 87.7 Å². The SMILES string of the molecule is COc1ccccc1-n1c(CNC(=O)c2cccs2)nnc1SCC(=O)N1N=C(c2cccs2)C[C@H]1c1cccc(OC)c1OC. The third-order valence-corrected chi connectivity index (χ3v) is 9.97. The highest BCUT2D eigenvalue weighted by Crippen LogP contribution is 2.42. The van der Waals surface area contributed by atoms with E-state index < -0.39 is 6.04 Å². The normalized spacial score (nSPS) is 14.2. The average molecular weight is 675 g/mol. The number of aromatic nitrogens is 3. The minimum atomic E-state index is -0.398. The fourth-order valence-corrected chi connectivity index (χ4v) is 7.34. The Morgan fingerprint density at radius 3 is 2.43 bits per heavy atom. The Bertz CT molecular complexity index is 1860. The summed E-state index contributed by atoms with van der Waals surface area (Å²) in [5, 5.41) is 22.4. The lowest BCUT2D eigenvalue weighted by atomic mass is 9.99. The van der Waals surface area contributed by atoms with Gasteiger partial charge in [-0.2, -0.15) is 5.10 Å². The Kier molecular flexibility index (Phi) is 9.66. The number of rotatable bonds is 12. The number of ether oxygens (including phenoxy) is 3. The first-order chi connectivity index (χ1) is 22.5. The van der Waals surface area contributed by atoms with E-state index in [0.29, 0.717) is 45.2 Å². The maximum absolute atomic E-state index is 14.0. The van der Waals surface area contributed by atoms with Gasteiger partial charge in [0.15, 0.2) is 22.5 Å². The second kappa shape index (κ2) is 14.2. The Balaban J connectivity index is 1.29. The number of methoxy groups -OCH3 is 3. The van der Waals surface area contributed by atoms with Crippen molar-refractivity contribution in [3.63, 3.8) is 0 Å². The van der Waals surface area contributed by atoms with Gasteiger partial charge in [0, 0.05) is 12.0 Å². The lowest BCUT2D eigenvalue weighted by molar-refractivity contribution is -0.130. The minimum absolute atomic E-state index is 0.0266. The van der Waals surface area contributed by atoms with Crippen LogP contribution in [-0.2, 0) is 11.3 Å². The van der Waals surface area contributed by atoms with E-state index >= 15 is 0 Å². The number of nitrogens with one attached hydrogen (secondary N) is 1. The Morgan fingerprint density at radius 2 is 1.70 bits per heavy atom. The summed E-state index contributed by atoms with van der Waals surface area (Å²) in [6, 6.07) is 20.2.